The van der Waals surface area contributed by atoms with E-state index in [2.05, 4.69) is 0 Å². The SMILES string of the molecule is C[C@]1(O)C[C@@H](O[C@H]2O[C@@H](CO)[C@H](O)[C@H](O)[C@H]2O)[C@@H]2C=CO[C@@H](O[C@H]3O[C@@H](CO)[C@@H](O)[C@H](O)[C@H]3O)[C@@H]21. The summed E-state index contributed by atoms with van der Waals surface area (Å²) >= 11 is 0. The molecule has 1 aliphatic carbocycles. The van der Waals surface area contributed by atoms with Crippen LogP contribution in [0.15, 0.2) is 12.3 Å². The predicted molar refractivity (Wildman–Crippen MR) is 110 cm³/mol. The molecule has 1 saturated carbocycles. The maximum absolute atomic E-state index is 11.2. The van der Waals surface area contributed by atoms with Crippen molar-refractivity contribution in [3.05, 3.63) is 12.3 Å². The molecule has 0 aromatic carbocycles. The monoisotopic (exact) mass is 510 g/mol. The molecule has 202 valence electrons. The third-order valence-electron chi connectivity index (χ3n) is 7.26. The van der Waals surface area contributed by atoms with Crippen molar-refractivity contribution in [2.24, 2.45) is 11.8 Å². The summed E-state index contributed by atoms with van der Waals surface area (Å²) < 4.78 is 28.0. The molecule has 0 unspecified atom stereocenters. The van der Waals surface area contributed by atoms with Crippen molar-refractivity contribution in [3.63, 3.8) is 0 Å². The molecule has 3 aliphatic heterocycles. The maximum Gasteiger partial charge on any atom is 0.207 e. The van der Waals surface area contributed by atoms with Crippen molar-refractivity contribution in [1.29, 1.82) is 0 Å². The van der Waals surface area contributed by atoms with Gasteiger partial charge in [-0.25, -0.2) is 0 Å². The van der Waals surface area contributed by atoms with Crippen molar-refractivity contribution < 1.29 is 69.6 Å². The second kappa shape index (κ2) is 10.4. The molecule has 14 nitrogen and oxygen atoms in total. The first-order valence-corrected chi connectivity index (χ1v) is 11.5. The lowest BCUT2D eigenvalue weighted by Gasteiger charge is -2.44. The van der Waals surface area contributed by atoms with Crippen molar-refractivity contribution in [3.8, 4) is 0 Å². The van der Waals surface area contributed by atoms with E-state index in [4.69, 9.17) is 23.7 Å². The minimum Gasteiger partial charge on any atom is -0.472 e. The number of aliphatic hydroxyl groups is 9. The van der Waals surface area contributed by atoms with Gasteiger partial charge >= 0.3 is 0 Å². The molecule has 15 atom stereocenters. The Morgan fingerprint density at radius 2 is 1.29 bits per heavy atom. The summed E-state index contributed by atoms with van der Waals surface area (Å²) in [6.07, 6.45) is -14.0. The number of aliphatic hydroxyl groups excluding tert-OH is 8. The van der Waals surface area contributed by atoms with Crippen molar-refractivity contribution in [2.75, 3.05) is 13.2 Å². The molecule has 35 heavy (non-hydrogen) atoms. The summed E-state index contributed by atoms with van der Waals surface area (Å²) in [5.74, 6) is -1.37. The van der Waals surface area contributed by atoms with Crippen LogP contribution in [0.1, 0.15) is 13.3 Å². The van der Waals surface area contributed by atoms with Gasteiger partial charge in [0.15, 0.2) is 12.6 Å². The molecule has 3 fully saturated rings. The van der Waals surface area contributed by atoms with Gasteiger partial charge in [0, 0.05) is 12.3 Å². The molecule has 4 rings (SSSR count). The summed E-state index contributed by atoms with van der Waals surface area (Å²) in [6.45, 7) is 0.241. The van der Waals surface area contributed by atoms with Gasteiger partial charge in [-0.3, -0.25) is 0 Å². The fourth-order valence-corrected chi connectivity index (χ4v) is 5.26. The van der Waals surface area contributed by atoms with Gasteiger partial charge < -0.3 is 69.6 Å². The van der Waals surface area contributed by atoms with Crippen LogP contribution in [0, 0.1) is 11.8 Å². The van der Waals surface area contributed by atoms with E-state index >= 15 is 0 Å². The van der Waals surface area contributed by atoms with E-state index in [1.807, 2.05) is 0 Å². The summed E-state index contributed by atoms with van der Waals surface area (Å²) in [6, 6.07) is 0. The van der Waals surface area contributed by atoms with Crippen LogP contribution >= 0.6 is 0 Å². The topological polar surface area (TPSA) is 228 Å². The predicted octanol–water partition coefficient (Wildman–Crippen LogP) is -4.75. The Morgan fingerprint density at radius 1 is 0.771 bits per heavy atom. The van der Waals surface area contributed by atoms with Gasteiger partial charge in [-0.15, -0.1) is 0 Å². The van der Waals surface area contributed by atoms with Crippen LogP contribution in [-0.2, 0) is 23.7 Å². The summed E-state index contributed by atoms with van der Waals surface area (Å²) in [5, 5.41) is 90.6. The Bertz CT molecular complexity index is 746. The second-order valence-corrected chi connectivity index (χ2v) is 9.70. The van der Waals surface area contributed by atoms with Gasteiger partial charge in [-0.05, 0) is 13.0 Å². The van der Waals surface area contributed by atoms with Crippen LogP contribution in [0.4, 0.5) is 0 Å². The quantitative estimate of drug-likeness (QED) is 0.163. The highest BCUT2D eigenvalue weighted by molar-refractivity contribution is 5.11. The van der Waals surface area contributed by atoms with E-state index in [1.165, 1.54) is 13.2 Å². The molecule has 3 heterocycles. The smallest absolute Gasteiger partial charge is 0.207 e. The highest BCUT2D eigenvalue weighted by atomic mass is 16.8. The Morgan fingerprint density at radius 3 is 1.80 bits per heavy atom. The van der Waals surface area contributed by atoms with Gasteiger partial charge in [-0.1, -0.05) is 0 Å². The van der Waals surface area contributed by atoms with Gasteiger partial charge in [0.25, 0.3) is 0 Å². The summed E-state index contributed by atoms with van der Waals surface area (Å²) in [4.78, 5) is 0. The second-order valence-electron chi connectivity index (χ2n) is 9.70. The standard InChI is InChI=1S/C21H34O14/c1-21(30)4-8(32-19-16(28)14(26)12(24)9(5-22)33-19)7-2-3-31-18(11(7)21)35-20-17(29)15(27)13(25)10(6-23)34-20/h2-3,7-20,22-30H,4-6H2,1H3/t7-,8+,9-,10-,11+,12-,13+,14-,15-,16+,17+,18-,19-,20+,21-/m0/s1. The molecular weight excluding hydrogens is 476 g/mol. The van der Waals surface area contributed by atoms with Crippen LogP contribution in [0.3, 0.4) is 0 Å². The molecular formula is C21H34O14. The fraction of sp³-hybridized carbons (Fsp3) is 0.905. The van der Waals surface area contributed by atoms with E-state index < -0.39 is 104 Å². The van der Waals surface area contributed by atoms with Crippen LogP contribution in [0.25, 0.3) is 0 Å². The molecule has 0 amide bonds. The van der Waals surface area contributed by atoms with Gasteiger partial charge in [0.2, 0.25) is 6.29 Å². The number of ether oxygens (including phenoxy) is 5. The Balaban J connectivity index is 1.48. The Kier molecular flexibility index (Phi) is 8.05. The lowest BCUT2D eigenvalue weighted by molar-refractivity contribution is -0.347. The van der Waals surface area contributed by atoms with Crippen LogP contribution in [0.5, 0.6) is 0 Å². The Hall–Kier alpha value is -0.980. The molecule has 0 bridgehead atoms. The molecule has 0 aromatic heterocycles. The zero-order valence-corrected chi connectivity index (χ0v) is 18.9. The number of fused-ring (bicyclic) bond motifs is 1. The summed E-state index contributed by atoms with van der Waals surface area (Å²) in [7, 11) is 0. The van der Waals surface area contributed by atoms with Gasteiger partial charge in [0.1, 0.15) is 48.8 Å². The number of rotatable bonds is 6. The van der Waals surface area contributed by atoms with E-state index in [0.29, 0.717) is 0 Å². The zero-order valence-electron chi connectivity index (χ0n) is 18.9. The van der Waals surface area contributed by atoms with Gasteiger partial charge in [0.05, 0.1) is 37.1 Å². The lowest BCUT2D eigenvalue weighted by Crippen LogP contribution is -2.60. The fourth-order valence-electron chi connectivity index (χ4n) is 5.26. The van der Waals surface area contributed by atoms with Crippen LogP contribution < -0.4 is 0 Å². The molecule has 14 heteroatoms. The highest BCUT2D eigenvalue weighted by Crippen LogP contribution is 2.48. The minimum absolute atomic E-state index is 0.0135. The first kappa shape index (κ1) is 27.1. The minimum atomic E-state index is -1.67. The average molecular weight is 510 g/mol. The molecule has 4 aliphatic rings. The Labute approximate surface area is 200 Å². The number of hydrogen-bond acceptors (Lipinski definition) is 14. The average Bonchev–Trinajstić information content (AvgIpc) is 3.10. The first-order valence-electron chi connectivity index (χ1n) is 11.5. The summed E-state index contributed by atoms with van der Waals surface area (Å²) in [5.41, 5.74) is -1.47. The number of hydrogen-bond donors (Lipinski definition) is 9. The van der Waals surface area contributed by atoms with Crippen molar-refractivity contribution in [2.45, 2.75) is 92.8 Å². The third kappa shape index (κ3) is 4.96. The van der Waals surface area contributed by atoms with Crippen LogP contribution in [0.2, 0.25) is 0 Å². The zero-order chi connectivity index (χ0) is 25.7. The molecule has 0 radical (unpaired) electrons. The van der Waals surface area contributed by atoms with E-state index in [0.717, 1.165) is 0 Å². The normalized spacial score (nSPS) is 54.3. The molecule has 0 aromatic rings. The molecule has 9 N–H and O–H groups in total. The largest absolute Gasteiger partial charge is 0.472 e. The maximum atomic E-state index is 11.2. The van der Waals surface area contributed by atoms with Crippen molar-refractivity contribution >= 4 is 0 Å². The molecule has 2 saturated heterocycles. The van der Waals surface area contributed by atoms with E-state index in [9.17, 15) is 46.0 Å². The van der Waals surface area contributed by atoms with E-state index in [-0.39, 0.29) is 6.42 Å². The van der Waals surface area contributed by atoms with Gasteiger partial charge in [-0.2, -0.15) is 0 Å². The third-order valence-corrected chi connectivity index (χ3v) is 7.26. The molecule has 0 spiro atoms. The van der Waals surface area contributed by atoms with E-state index in [1.54, 1.807) is 6.08 Å². The lowest BCUT2D eigenvalue weighted by atomic mass is 9.85. The van der Waals surface area contributed by atoms with Crippen molar-refractivity contribution in [1.82, 2.24) is 0 Å². The first-order chi connectivity index (χ1) is 16.5. The van der Waals surface area contributed by atoms with Crippen LogP contribution in [-0.4, -0.2) is 139 Å². The highest BCUT2D eigenvalue weighted by Gasteiger charge is 2.58.